The summed E-state index contributed by atoms with van der Waals surface area (Å²) in [5.74, 6) is 0.127. The summed E-state index contributed by atoms with van der Waals surface area (Å²) in [6.07, 6.45) is 3.23. The fourth-order valence-electron chi connectivity index (χ4n) is 2.58. The Kier molecular flexibility index (Phi) is 5.37. The van der Waals surface area contributed by atoms with Crippen LogP contribution < -0.4 is 4.74 Å². The fourth-order valence-corrected chi connectivity index (χ4v) is 2.58. The van der Waals surface area contributed by atoms with Crippen LogP contribution in [0.5, 0.6) is 5.75 Å². The highest BCUT2D eigenvalue weighted by atomic mass is 19.1. The predicted molar refractivity (Wildman–Crippen MR) is 84.9 cm³/mol. The molecule has 128 valence electrons. The van der Waals surface area contributed by atoms with E-state index in [1.807, 2.05) is 0 Å². The number of halogens is 1. The van der Waals surface area contributed by atoms with Gasteiger partial charge in [-0.05, 0) is 24.3 Å². The molecule has 1 aliphatic heterocycles. The number of rotatable bonds is 6. The summed E-state index contributed by atoms with van der Waals surface area (Å²) in [7, 11) is 0. The van der Waals surface area contributed by atoms with Crippen molar-refractivity contribution < 1.29 is 13.9 Å². The summed E-state index contributed by atoms with van der Waals surface area (Å²) in [5.41, 5.74) is 0. The highest BCUT2D eigenvalue weighted by Crippen LogP contribution is 2.11. The van der Waals surface area contributed by atoms with Gasteiger partial charge in [0, 0.05) is 32.7 Å². The third-order valence-corrected chi connectivity index (χ3v) is 4.01. The molecule has 1 amide bonds. The van der Waals surface area contributed by atoms with E-state index in [4.69, 9.17) is 4.74 Å². The lowest BCUT2D eigenvalue weighted by Gasteiger charge is -2.34. The molecule has 3 rings (SSSR count). The maximum absolute atomic E-state index is 12.8. The van der Waals surface area contributed by atoms with Crippen molar-refractivity contribution in [3.63, 3.8) is 0 Å². The van der Waals surface area contributed by atoms with E-state index in [9.17, 15) is 9.18 Å². The minimum atomic E-state index is -0.323. The zero-order valence-corrected chi connectivity index (χ0v) is 13.3. The third kappa shape index (κ3) is 4.51. The second-order valence-electron chi connectivity index (χ2n) is 5.62. The van der Waals surface area contributed by atoms with Crippen molar-refractivity contribution in [2.45, 2.75) is 6.54 Å². The number of carbonyl (C=O) groups is 1. The van der Waals surface area contributed by atoms with Gasteiger partial charge in [0.15, 0.2) is 6.61 Å². The molecule has 0 unspecified atom stereocenters. The molecule has 0 aliphatic carbocycles. The molecule has 2 heterocycles. The average molecular weight is 333 g/mol. The van der Waals surface area contributed by atoms with Crippen molar-refractivity contribution in [1.82, 2.24) is 24.6 Å². The normalized spacial score (nSPS) is 15.5. The molecule has 0 atom stereocenters. The van der Waals surface area contributed by atoms with E-state index < -0.39 is 0 Å². The van der Waals surface area contributed by atoms with Crippen molar-refractivity contribution in [2.24, 2.45) is 0 Å². The van der Waals surface area contributed by atoms with Gasteiger partial charge in [0.25, 0.3) is 5.91 Å². The van der Waals surface area contributed by atoms with Crippen molar-refractivity contribution in [1.29, 1.82) is 0 Å². The summed E-state index contributed by atoms with van der Waals surface area (Å²) >= 11 is 0. The molecule has 0 saturated carbocycles. The van der Waals surface area contributed by atoms with Crippen molar-refractivity contribution in [2.75, 3.05) is 39.3 Å². The third-order valence-electron chi connectivity index (χ3n) is 4.01. The summed E-state index contributed by atoms with van der Waals surface area (Å²) in [4.78, 5) is 20.2. The molecule has 1 saturated heterocycles. The van der Waals surface area contributed by atoms with Crippen LogP contribution in [0, 0.1) is 5.82 Å². The molecule has 1 aromatic carbocycles. The van der Waals surface area contributed by atoms with Crippen LogP contribution >= 0.6 is 0 Å². The molecule has 1 fully saturated rings. The Morgan fingerprint density at radius 2 is 1.88 bits per heavy atom. The standard InChI is InChI=1S/C16H20FN5O2/c17-14-1-3-15(4-2-14)24-11-16(23)21-8-5-20(6-9-21)7-10-22-13-18-12-19-22/h1-4,12-13H,5-11H2. The van der Waals surface area contributed by atoms with Crippen molar-refractivity contribution in [3.05, 3.63) is 42.7 Å². The van der Waals surface area contributed by atoms with Gasteiger partial charge in [0.05, 0.1) is 6.54 Å². The number of aromatic nitrogens is 3. The molecule has 0 N–H and O–H groups in total. The summed E-state index contributed by atoms with van der Waals surface area (Å²) in [6, 6.07) is 5.66. The van der Waals surface area contributed by atoms with Crippen molar-refractivity contribution in [3.8, 4) is 5.75 Å². The van der Waals surface area contributed by atoms with Crippen LogP contribution in [0.3, 0.4) is 0 Å². The Labute approximate surface area is 139 Å². The van der Waals surface area contributed by atoms with Gasteiger partial charge in [-0.2, -0.15) is 5.10 Å². The molecule has 0 spiro atoms. The minimum absolute atomic E-state index is 0.0232. The van der Waals surface area contributed by atoms with E-state index in [0.717, 1.165) is 26.2 Å². The second kappa shape index (κ2) is 7.87. The first-order valence-corrected chi connectivity index (χ1v) is 7.91. The van der Waals surface area contributed by atoms with Crippen LogP contribution in [0.4, 0.5) is 4.39 Å². The quantitative estimate of drug-likeness (QED) is 0.776. The van der Waals surface area contributed by atoms with E-state index in [0.29, 0.717) is 18.8 Å². The van der Waals surface area contributed by atoms with Gasteiger partial charge in [0.2, 0.25) is 0 Å². The van der Waals surface area contributed by atoms with E-state index in [-0.39, 0.29) is 18.3 Å². The topological polar surface area (TPSA) is 63.5 Å². The molecule has 8 heteroatoms. The van der Waals surface area contributed by atoms with E-state index >= 15 is 0 Å². The number of hydrogen-bond acceptors (Lipinski definition) is 5. The van der Waals surface area contributed by atoms with Crippen LogP contribution in [0.1, 0.15) is 0 Å². The first-order chi connectivity index (χ1) is 11.7. The average Bonchev–Trinajstić information content (AvgIpc) is 3.13. The maximum Gasteiger partial charge on any atom is 0.260 e. The predicted octanol–water partition coefficient (Wildman–Crippen LogP) is 0.640. The highest BCUT2D eigenvalue weighted by molar-refractivity contribution is 5.77. The molecule has 0 radical (unpaired) electrons. The number of benzene rings is 1. The molecule has 2 aromatic rings. The van der Waals surface area contributed by atoms with E-state index in [1.54, 1.807) is 15.9 Å². The lowest BCUT2D eigenvalue weighted by molar-refractivity contribution is -0.135. The van der Waals surface area contributed by atoms with Crippen LogP contribution in [-0.4, -0.2) is 69.8 Å². The zero-order chi connectivity index (χ0) is 16.8. The fraction of sp³-hybridized carbons (Fsp3) is 0.438. The Morgan fingerprint density at radius 3 is 2.54 bits per heavy atom. The zero-order valence-electron chi connectivity index (χ0n) is 13.3. The van der Waals surface area contributed by atoms with Crippen LogP contribution in [0.15, 0.2) is 36.9 Å². The van der Waals surface area contributed by atoms with Gasteiger partial charge in [0.1, 0.15) is 24.2 Å². The van der Waals surface area contributed by atoms with Gasteiger partial charge in [-0.15, -0.1) is 0 Å². The van der Waals surface area contributed by atoms with E-state index in [2.05, 4.69) is 15.0 Å². The molecular weight excluding hydrogens is 313 g/mol. The lowest BCUT2D eigenvalue weighted by atomic mass is 10.3. The first-order valence-electron chi connectivity index (χ1n) is 7.91. The maximum atomic E-state index is 12.8. The smallest absolute Gasteiger partial charge is 0.260 e. The Morgan fingerprint density at radius 1 is 1.12 bits per heavy atom. The largest absolute Gasteiger partial charge is 0.484 e. The Hall–Kier alpha value is -2.48. The van der Waals surface area contributed by atoms with Crippen LogP contribution in [0.25, 0.3) is 0 Å². The Bertz CT molecular complexity index is 639. The molecule has 1 aliphatic rings. The monoisotopic (exact) mass is 333 g/mol. The minimum Gasteiger partial charge on any atom is -0.484 e. The number of hydrogen-bond donors (Lipinski definition) is 0. The lowest BCUT2D eigenvalue weighted by Crippen LogP contribution is -2.50. The van der Waals surface area contributed by atoms with Gasteiger partial charge in [-0.25, -0.2) is 9.37 Å². The van der Waals surface area contributed by atoms with E-state index in [1.165, 1.54) is 30.6 Å². The SMILES string of the molecule is O=C(COc1ccc(F)cc1)N1CCN(CCn2cncn2)CC1. The first kappa shape index (κ1) is 16.4. The number of piperazine rings is 1. The van der Waals surface area contributed by atoms with Crippen molar-refractivity contribution >= 4 is 5.91 Å². The second-order valence-corrected chi connectivity index (χ2v) is 5.62. The Balaban J connectivity index is 1.37. The summed E-state index contributed by atoms with van der Waals surface area (Å²) in [6.45, 7) is 4.68. The van der Waals surface area contributed by atoms with Crippen LogP contribution in [-0.2, 0) is 11.3 Å². The number of amides is 1. The number of carbonyl (C=O) groups excluding carboxylic acids is 1. The van der Waals surface area contributed by atoms with Gasteiger partial charge in [-0.3, -0.25) is 14.4 Å². The summed E-state index contributed by atoms with van der Waals surface area (Å²) < 4.78 is 20.0. The van der Waals surface area contributed by atoms with Gasteiger partial charge < -0.3 is 9.64 Å². The molecular formula is C16H20FN5O2. The highest BCUT2D eigenvalue weighted by Gasteiger charge is 2.21. The molecule has 0 bridgehead atoms. The molecule has 24 heavy (non-hydrogen) atoms. The van der Waals surface area contributed by atoms with Gasteiger partial charge in [-0.1, -0.05) is 0 Å². The van der Waals surface area contributed by atoms with Gasteiger partial charge >= 0.3 is 0 Å². The number of nitrogens with zero attached hydrogens (tertiary/aromatic N) is 5. The summed E-state index contributed by atoms with van der Waals surface area (Å²) in [5, 5.41) is 4.08. The number of ether oxygens (including phenoxy) is 1. The molecule has 1 aromatic heterocycles. The van der Waals surface area contributed by atoms with Crippen LogP contribution in [0.2, 0.25) is 0 Å². The molecule has 7 nitrogen and oxygen atoms in total.